The van der Waals surface area contributed by atoms with Crippen molar-refractivity contribution in [3.8, 4) is 11.5 Å². The van der Waals surface area contributed by atoms with E-state index >= 15 is 0 Å². The molecule has 0 aliphatic carbocycles. The smallest absolute Gasteiger partial charge is 0.480 e. The lowest BCUT2D eigenvalue weighted by molar-refractivity contribution is -0.153. The van der Waals surface area contributed by atoms with Crippen molar-refractivity contribution in [3.63, 3.8) is 0 Å². The first-order valence-corrected chi connectivity index (χ1v) is 14.2. The highest BCUT2D eigenvalue weighted by Crippen LogP contribution is 2.31. The van der Waals surface area contributed by atoms with Crippen LogP contribution in [0.25, 0.3) is 0 Å². The fraction of sp³-hybridized carbons (Fsp3) is 0.667. The fourth-order valence-corrected chi connectivity index (χ4v) is 3.57. The molecule has 11 nitrogen and oxygen atoms in total. The van der Waals surface area contributed by atoms with Crippen LogP contribution in [-0.4, -0.2) is 54.2 Å². The van der Waals surface area contributed by atoms with E-state index in [1.165, 1.54) is 18.2 Å². The van der Waals surface area contributed by atoms with Gasteiger partial charge in [-0.1, -0.05) is 60.5 Å². The van der Waals surface area contributed by atoms with E-state index in [0.717, 1.165) is 12.8 Å². The van der Waals surface area contributed by atoms with Gasteiger partial charge in [0, 0.05) is 19.3 Å². The minimum atomic E-state index is -1.82. The molecule has 0 spiro atoms. The average Bonchev–Trinajstić information content (AvgIpc) is 2.90. The Kier molecular flexibility index (Phi) is 15.2. The summed E-state index contributed by atoms with van der Waals surface area (Å²) in [7, 11) is 0. The third-order valence-corrected chi connectivity index (χ3v) is 6.62. The van der Waals surface area contributed by atoms with Crippen LogP contribution in [0.4, 0.5) is 9.59 Å². The van der Waals surface area contributed by atoms with Gasteiger partial charge in [-0.15, -0.1) is 0 Å². The second-order valence-corrected chi connectivity index (χ2v) is 11.2. The molecule has 11 heteroatoms. The van der Waals surface area contributed by atoms with E-state index in [4.69, 9.17) is 29.4 Å². The Labute approximate surface area is 243 Å². The maximum absolute atomic E-state index is 12.4. The maximum atomic E-state index is 12.4. The molecule has 3 N–H and O–H groups in total. The van der Waals surface area contributed by atoms with E-state index in [1.54, 1.807) is 6.92 Å². The number of rotatable bonds is 17. The van der Waals surface area contributed by atoms with Crippen molar-refractivity contribution in [1.82, 2.24) is 0 Å². The molecule has 0 fully saturated rings. The topological polar surface area (TPSA) is 161 Å². The number of esters is 1. The maximum Gasteiger partial charge on any atom is 0.513 e. The molecule has 3 unspecified atom stereocenters. The first kappa shape index (κ1) is 35.7. The van der Waals surface area contributed by atoms with Crippen molar-refractivity contribution in [1.29, 1.82) is 0 Å². The molecule has 0 saturated carbocycles. The van der Waals surface area contributed by atoms with Crippen LogP contribution in [0.3, 0.4) is 0 Å². The van der Waals surface area contributed by atoms with Gasteiger partial charge in [0.25, 0.3) is 0 Å². The molecule has 0 aromatic heterocycles. The number of nitrogens with two attached hydrogens (primary N) is 1. The van der Waals surface area contributed by atoms with Gasteiger partial charge in [-0.2, -0.15) is 0 Å². The van der Waals surface area contributed by atoms with Crippen LogP contribution >= 0.6 is 0 Å². The number of hydrogen-bond acceptors (Lipinski definition) is 10. The van der Waals surface area contributed by atoms with Crippen molar-refractivity contribution in [2.45, 2.75) is 98.6 Å². The van der Waals surface area contributed by atoms with Crippen molar-refractivity contribution in [2.24, 2.45) is 23.5 Å². The summed E-state index contributed by atoms with van der Waals surface area (Å²) in [6.07, 6.45) is -0.651. The van der Waals surface area contributed by atoms with Gasteiger partial charge in [0.15, 0.2) is 11.5 Å². The summed E-state index contributed by atoms with van der Waals surface area (Å²) < 4.78 is 26.3. The lowest BCUT2D eigenvalue weighted by atomic mass is 9.86. The van der Waals surface area contributed by atoms with Crippen LogP contribution < -0.4 is 15.2 Å². The van der Waals surface area contributed by atoms with Crippen molar-refractivity contribution < 1.29 is 48.0 Å². The number of carboxylic acid groups (broad SMARTS) is 1. The zero-order chi connectivity index (χ0) is 31.2. The van der Waals surface area contributed by atoms with Crippen LogP contribution in [0, 0.1) is 17.8 Å². The molecule has 0 bridgehead atoms. The number of benzene rings is 1. The van der Waals surface area contributed by atoms with E-state index in [1.807, 2.05) is 41.5 Å². The summed E-state index contributed by atoms with van der Waals surface area (Å²) in [5, 5.41) is 9.95. The normalized spacial score (nSPS) is 14.8. The van der Waals surface area contributed by atoms with Gasteiger partial charge in [-0.25, -0.2) is 9.59 Å². The Morgan fingerprint density at radius 2 is 1.41 bits per heavy atom. The van der Waals surface area contributed by atoms with E-state index in [0.29, 0.717) is 17.9 Å². The number of carbonyl (C=O) groups is 4. The molecule has 0 heterocycles. The molecule has 232 valence electrons. The Balaban J connectivity index is 3.13. The molecule has 4 atom stereocenters. The molecule has 0 amide bonds. The predicted octanol–water partition coefficient (Wildman–Crippen LogP) is 5.89. The van der Waals surface area contributed by atoms with Gasteiger partial charge in [0.05, 0.1) is 13.2 Å². The molecule has 1 aromatic carbocycles. The van der Waals surface area contributed by atoms with E-state index < -0.39 is 35.9 Å². The molecule has 0 radical (unpaired) electrons. The van der Waals surface area contributed by atoms with E-state index in [2.05, 4.69) is 0 Å². The average molecular weight is 582 g/mol. The van der Waals surface area contributed by atoms with Crippen LogP contribution in [0.15, 0.2) is 18.2 Å². The van der Waals surface area contributed by atoms with E-state index in [9.17, 15) is 24.3 Å². The molecule has 1 rings (SSSR count). The minimum absolute atomic E-state index is 0.107. The Bertz CT molecular complexity index is 1010. The molecular formula is C30H47NO10. The van der Waals surface area contributed by atoms with Crippen molar-refractivity contribution in [2.75, 3.05) is 13.2 Å². The quantitative estimate of drug-likeness (QED) is 0.128. The summed E-state index contributed by atoms with van der Waals surface area (Å²) >= 11 is 0. The van der Waals surface area contributed by atoms with Crippen molar-refractivity contribution in [3.05, 3.63) is 23.8 Å². The number of carboxylic acids is 1. The highest BCUT2D eigenvalue weighted by Gasteiger charge is 2.37. The van der Waals surface area contributed by atoms with Gasteiger partial charge < -0.3 is 34.5 Å². The molecule has 41 heavy (non-hydrogen) atoms. The lowest BCUT2D eigenvalue weighted by Crippen LogP contribution is -2.52. The molecule has 0 aliphatic heterocycles. The van der Waals surface area contributed by atoms with Gasteiger partial charge in [0.2, 0.25) is 0 Å². The number of hydrogen-bond donors (Lipinski definition) is 2. The van der Waals surface area contributed by atoms with Gasteiger partial charge in [0.1, 0.15) is 11.6 Å². The summed E-state index contributed by atoms with van der Waals surface area (Å²) in [5.41, 5.74) is 4.85. The second-order valence-electron chi connectivity index (χ2n) is 11.2. The number of carbonyl (C=O) groups excluding carboxylic acids is 3. The van der Waals surface area contributed by atoms with Crippen LogP contribution in [0.2, 0.25) is 0 Å². The SMILES string of the molecule is CCC(C)COC(=O)Oc1ccc(CC(N)(C[C@H](C)OC(=O)CCC(C)C)C(=O)O)cc1OC(=O)OCC(C)CC. The summed E-state index contributed by atoms with van der Waals surface area (Å²) in [4.78, 5) is 49.0. The van der Waals surface area contributed by atoms with E-state index in [-0.39, 0.29) is 55.8 Å². The number of aliphatic carboxylic acids is 1. The zero-order valence-corrected chi connectivity index (χ0v) is 25.4. The highest BCUT2D eigenvalue weighted by atomic mass is 16.7. The lowest BCUT2D eigenvalue weighted by Gasteiger charge is -2.28. The molecule has 1 aromatic rings. The van der Waals surface area contributed by atoms with Crippen LogP contribution in [0.1, 0.15) is 86.1 Å². The van der Waals surface area contributed by atoms with Crippen molar-refractivity contribution >= 4 is 24.2 Å². The minimum Gasteiger partial charge on any atom is -0.480 e. The monoisotopic (exact) mass is 581 g/mol. The Morgan fingerprint density at radius 1 is 0.878 bits per heavy atom. The predicted molar refractivity (Wildman–Crippen MR) is 152 cm³/mol. The summed E-state index contributed by atoms with van der Waals surface area (Å²) in [6, 6.07) is 4.21. The first-order chi connectivity index (χ1) is 19.2. The second kappa shape index (κ2) is 17.5. The Morgan fingerprint density at radius 3 is 1.90 bits per heavy atom. The number of ether oxygens (including phenoxy) is 5. The molecule has 0 aliphatic rings. The van der Waals surface area contributed by atoms with Gasteiger partial charge in [-0.05, 0) is 48.8 Å². The Hall–Kier alpha value is -3.34. The summed E-state index contributed by atoms with van der Waals surface area (Å²) in [5.74, 6) is -1.45. The highest BCUT2D eigenvalue weighted by molar-refractivity contribution is 5.79. The third-order valence-electron chi connectivity index (χ3n) is 6.62. The first-order valence-electron chi connectivity index (χ1n) is 14.2. The van der Waals surface area contributed by atoms with Crippen LogP contribution in [-0.2, 0) is 30.2 Å². The van der Waals surface area contributed by atoms with Crippen LogP contribution in [0.5, 0.6) is 11.5 Å². The standard InChI is InChI=1S/C30H47NO10/c1-8-20(5)17-37-28(35)40-24-12-11-23(14-25(24)41-29(36)38-18-21(6)9-2)16-30(31,27(33)34)15-22(7)39-26(32)13-10-19(3)4/h11-12,14,19-22H,8-10,13,15-18,31H2,1-7H3,(H,33,34)/t20?,21?,22-,30?/m0/s1. The summed E-state index contributed by atoms with van der Waals surface area (Å²) in [6.45, 7) is 13.6. The van der Waals surface area contributed by atoms with Gasteiger partial charge in [-0.3, -0.25) is 9.59 Å². The fourth-order valence-electron chi connectivity index (χ4n) is 3.57. The molecule has 0 saturated heterocycles. The molecular weight excluding hydrogens is 534 g/mol. The third kappa shape index (κ3) is 13.7. The largest absolute Gasteiger partial charge is 0.513 e. The van der Waals surface area contributed by atoms with Gasteiger partial charge >= 0.3 is 24.2 Å². The zero-order valence-electron chi connectivity index (χ0n) is 25.4.